The average Bonchev–Trinajstić information content (AvgIpc) is 2.96. The van der Waals surface area contributed by atoms with Gasteiger partial charge in [-0.2, -0.15) is 5.10 Å². The molecular formula is C18H22N6O. The lowest BCUT2D eigenvalue weighted by atomic mass is 10.2. The Morgan fingerprint density at radius 2 is 2.00 bits per heavy atom. The van der Waals surface area contributed by atoms with E-state index in [9.17, 15) is 0 Å². The predicted octanol–water partition coefficient (Wildman–Crippen LogP) is 2.12. The van der Waals surface area contributed by atoms with Crippen molar-refractivity contribution in [1.29, 1.82) is 0 Å². The van der Waals surface area contributed by atoms with Crippen molar-refractivity contribution in [1.82, 2.24) is 19.7 Å². The van der Waals surface area contributed by atoms with Gasteiger partial charge in [0.05, 0.1) is 24.3 Å². The third-order valence-corrected chi connectivity index (χ3v) is 4.55. The number of fused-ring (bicyclic) bond motifs is 1. The topological polar surface area (TPSA) is 68.1 Å². The van der Waals surface area contributed by atoms with Crippen LogP contribution in [0.25, 0.3) is 11.0 Å². The molecule has 0 unspecified atom stereocenters. The molecule has 0 amide bonds. The zero-order valence-electron chi connectivity index (χ0n) is 14.6. The van der Waals surface area contributed by atoms with Crippen LogP contribution in [0.5, 0.6) is 0 Å². The Kier molecular flexibility index (Phi) is 4.23. The Hall–Kier alpha value is -2.67. The Morgan fingerprint density at radius 1 is 1.16 bits per heavy atom. The molecule has 7 nitrogen and oxygen atoms in total. The number of aromatic nitrogens is 4. The lowest BCUT2D eigenvalue weighted by Gasteiger charge is -2.29. The zero-order valence-corrected chi connectivity index (χ0v) is 14.6. The fraction of sp³-hybridized carbons (Fsp3) is 0.389. The van der Waals surface area contributed by atoms with Crippen molar-refractivity contribution in [2.24, 2.45) is 7.05 Å². The van der Waals surface area contributed by atoms with Crippen molar-refractivity contribution in [3.8, 4) is 0 Å². The molecule has 3 aromatic heterocycles. The smallest absolute Gasteiger partial charge is 0.159 e. The molecule has 3 aromatic rings. The first-order valence-corrected chi connectivity index (χ1v) is 8.53. The van der Waals surface area contributed by atoms with Crippen LogP contribution in [0.2, 0.25) is 0 Å². The fourth-order valence-electron chi connectivity index (χ4n) is 3.34. The summed E-state index contributed by atoms with van der Waals surface area (Å²) in [4.78, 5) is 11.3. The summed E-state index contributed by atoms with van der Waals surface area (Å²) >= 11 is 0. The molecule has 0 aromatic carbocycles. The molecule has 1 N–H and O–H groups in total. The number of pyridine rings is 2. The molecule has 1 aliphatic rings. The number of nitrogens with zero attached hydrogens (tertiary/aromatic N) is 5. The molecule has 1 aliphatic heterocycles. The van der Waals surface area contributed by atoms with Gasteiger partial charge in [0.15, 0.2) is 5.65 Å². The third kappa shape index (κ3) is 3.02. The van der Waals surface area contributed by atoms with Crippen LogP contribution in [0.3, 0.4) is 0 Å². The molecule has 25 heavy (non-hydrogen) atoms. The molecule has 1 fully saturated rings. The van der Waals surface area contributed by atoms with Gasteiger partial charge in [-0.1, -0.05) is 6.07 Å². The van der Waals surface area contributed by atoms with Crippen LogP contribution < -0.4 is 10.2 Å². The third-order valence-electron chi connectivity index (χ3n) is 4.55. The van der Waals surface area contributed by atoms with E-state index in [2.05, 4.69) is 31.3 Å². The summed E-state index contributed by atoms with van der Waals surface area (Å²) in [6.07, 6.45) is 3.67. The van der Waals surface area contributed by atoms with E-state index in [-0.39, 0.29) is 0 Å². The van der Waals surface area contributed by atoms with Crippen molar-refractivity contribution >= 4 is 22.5 Å². The van der Waals surface area contributed by atoms with Crippen molar-refractivity contribution < 1.29 is 4.74 Å². The number of anilines is 2. The molecule has 0 bridgehead atoms. The lowest BCUT2D eigenvalue weighted by Crippen LogP contribution is -2.37. The number of ether oxygens (including phenoxy) is 1. The van der Waals surface area contributed by atoms with E-state index in [1.165, 1.54) is 5.56 Å². The first-order valence-electron chi connectivity index (χ1n) is 8.53. The van der Waals surface area contributed by atoms with Gasteiger partial charge < -0.3 is 15.0 Å². The van der Waals surface area contributed by atoms with Gasteiger partial charge in [-0.25, -0.2) is 9.97 Å². The van der Waals surface area contributed by atoms with E-state index >= 15 is 0 Å². The first kappa shape index (κ1) is 15.8. The second-order valence-corrected chi connectivity index (χ2v) is 6.21. The van der Waals surface area contributed by atoms with E-state index in [1.54, 1.807) is 0 Å². The van der Waals surface area contributed by atoms with Crippen LogP contribution in [-0.2, 0) is 18.3 Å². The Bertz CT molecular complexity index is 884. The molecule has 0 radical (unpaired) electrons. The lowest BCUT2D eigenvalue weighted by molar-refractivity contribution is 0.122. The minimum atomic E-state index is 0.702. The quantitative estimate of drug-likeness (QED) is 0.786. The maximum absolute atomic E-state index is 5.45. The second-order valence-electron chi connectivity index (χ2n) is 6.21. The summed E-state index contributed by atoms with van der Waals surface area (Å²) in [6.45, 7) is 5.98. The van der Waals surface area contributed by atoms with E-state index in [1.807, 2.05) is 43.2 Å². The van der Waals surface area contributed by atoms with Gasteiger partial charge >= 0.3 is 0 Å². The molecule has 1 saturated heterocycles. The molecular weight excluding hydrogens is 316 g/mol. The second kappa shape index (κ2) is 6.68. The maximum atomic E-state index is 5.45. The standard InChI is InChI=1S/C18H22N6O/c1-13-16-15(5-7-20-18(16)23(2)22-13)21-12-14-4-3-6-19-17(14)24-8-10-25-11-9-24/h3-7H,8-12H2,1-2H3,(H,20,21). The van der Waals surface area contributed by atoms with E-state index in [0.29, 0.717) is 6.54 Å². The molecule has 4 heterocycles. The number of hydrogen-bond acceptors (Lipinski definition) is 6. The van der Waals surface area contributed by atoms with Crippen LogP contribution in [0.4, 0.5) is 11.5 Å². The number of hydrogen-bond donors (Lipinski definition) is 1. The molecule has 7 heteroatoms. The minimum Gasteiger partial charge on any atom is -0.380 e. The van der Waals surface area contributed by atoms with E-state index < -0.39 is 0 Å². The minimum absolute atomic E-state index is 0.702. The van der Waals surface area contributed by atoms with Crippen LogP contribution >= 0.6 is 0 Å². The molecule has 0 aliphatic carbocycles. The normalized spacial score (nSPS) is 14.9. The van der Waals surface area contributed by atoms with Crippen LogP contribution in [0.1, 0.15) is 11.3 Å². The highest BCUT2D eigenvalue weighted by molar-refractivity contribution is 5.91. The molecule has 4 rings (SSSR count). The highest BCUT2D eigenvalue weighted by Gasteiger charge is 2.16. The van der Waals surface area contributed by atoms with Gasteiger partial charge in [-0.15, -0.1) is 0 Å². The van der Waals surface area contributed by atoms with Crippen LogP contribution in [0.15, 0.2) is 30.6 Å². The molecule has 0 saturated carbocycles. The van der Waals surface area contributed by atoms with Crippen LogP contribution in [-0.4, -0.2) is 46.1 Å². The van der Waals surface area contributed by atoms with Gasteiger partial charge in [-0.05, 0) is 19.1 Å². The largest absolute Gasteiger partial charge is 0.380 e. The van der Waals surface area contributed by atoms with Gasteiger partial charge in [0.25, 0.3) is 0 Å². The van der Waals surface area contributed by atoms with E-state index in [0.717, 1.165) is 54.5 Å². The molecule has 0 atom stereocenters. The number of nitrogens with one attached hydrogen (secondary N) is 1. The summed E-state index contributed by atoms with van der Waals surface area (Å²) in [7, 11) is 1.92. The Balaban J connectivity index is 1.60. The zero-order chi connectivity index (χ0) is 17.2. The van der Waals surface area contributed by atoms with Gasteiger partial charge in [0.2, 0.25) is 0 Å². The molecule has 130 valence electrons. The van der Waals surface area contributed by atoms with Gasteiger partial charge in [0.1, 0.15) is 5.82 Å². The summed E-state index contributed by atoms with van der Waals surface area (Å²) in [5, 5.41) is 9.09. The number of morpholine rings is 1. The SMILES string of the molecule is Cc1nn(C)c2nccc(NCc3cccnc3N3CCOCC3)c12. The summed E-state index contributed by atoms with van der Waals surface area (Å²) in [6, 6.07) is 6.11. The first-order chi connectivity index (χ1) is 12.2. The highest BCUT2D eigenvalue weighted by Crippen LogP contribution is 2.26. The molecule has 0 spiro atoms. The van der Waals surface area contributed by atoms with Gasteiger partial charge in [0, 0.05) is 50.3 Å². The summed E-state index contributed by atoms with van der Waals surface area (Å²) < 4.78 is 7.27. The van der Waals surface area contributed by atoms with Crippen molar-refractivity contribution in [3.63, 3.8) is 0 Å². The monoisotopic (exact) mass is 338 g/mol. The summed E-state index contributed by atoms with van der Waals surface area (Å²) in [5.41, 5.74) is 4.10. The van der Waals surface area contributed by atoms with Crippen molar-refractivity contribution in [2.45, 2.75) is 13.5 Å². The number of rotatable bonds is 4. The van der Waals surface area contributed by atoms with Crippen LogP contribution in [0, 0.1) is 6.92 Å². The van der Waals surface area contributed by atoms with Gasteiger partial charge in [-0.3, -0.25) is 4.68 Å². The fourth-order valence-corrected chi connectivity index (χ4v) is 3.34. The predicted molar refractivity (Wildman–Crippen MR) is 97.8 cm³/mol. The maximum Gasteiger partial charge on any atom is 0.159 e. The Morgan fingerprint density at radius 3 is 2.84 bits per heavy atom. The van der Waals surface area contributed by atoms with Crippen molar-refractivity contribution in [2.75, 3.05) is 36.5 Å². The number of aryl methyl sites for hydroxylation is 2. The summed E-state index contributed by atoms with van der Waals surface area (Å²) in [5.74, 6) is 1.03. The highest BCUT2D eigenvalue weighted by atomic mass is 16.5. The Labute approximate surface area is 146 Å². The van der Waals surface area contributed by atoms with Crippen molar-refractivity contribution in [3.05, 3.63) is 41.9 Å². The van der Waals surface area contributed by atoms with E-state index in [4.69, 9.17) is 4.74 Å². The average molecular weight is 338 g/mol.